The molecule has 0 aromatic heterocycles. The second-order valence-corrected chi connectivity index (χ2v) is 5.78. The van der Waals surface area contributed by atoms with Crippen molar-refractivity contribution in [3.05, 3.63) is 0 Å². The molecular formula is C16H33NO6. The van der Waals surface area contributed by atoms with Gasteiger partial charge in [-0.05, 0) is 19.8 Å². The molecule has 0 aliphatic heterocycles. The van der Waals surface area contributed by atoms with E-state index >= 15 is 0 Å². The second kappa shape index (κ2) is 13.7. The van der Waals surface area contributed by atoms with Gasteiger partial charge in [-0.15, -0.1) is 0 Å². The Labute approximate surface area is 139 Å². The minimum atomic E-state index is -0.703. The monoisotopic (exact) mass is 335 g/mol. The fourth-order valence-corrected chi connectivity index (χ4v) is 2.34. The summed E-state index contributed by atoms with van der Waals surface area (Å²) in [6, 6.07) is 0. The molecule has 0 aliphatic rings. The molecule has 0 saturated heterocycles. The van der Waals surface area contributed by atoms with Crippen LogP contribution in [0.15, 0.2) is 0 Å². The molecule has 0 radical (unpaired) electrons. The Morgan fingerprint density at radius 3 is 2.22 bits per heavy atom. The Balaban J connectivity index is 4.41. The number of aliphatic hydroxyl groups is 3. The SMILES string of the molecule is CCCC(CCC)C(=O)OCC(CO)OC(CC(C)O)NCO. The lowest BCUT2D eigenvalue weighted by Crippen LogP contribution is -2.41. The Kier molecular flexibility index (Phi) is 13.3. The van der Waals surface area contributed by atoms with Crippen molar-refractivity contribution in [2.75, 3.05) is 19.9 Å². The van der Waals surface area contributed by atoms with Crippen molar-refractivity contribution in [3.63, 3.8) is 0 Å². The molecule has 0 aromatic carbocycles. The van der Waals surface area contributed by atoms with Gasteiger partial charge >= 0.3 is 5.97 Å². The van der Waals surface area contributed by atoms with Crippen molar-refractivity contribution >= 4 is 5.97 Å². The number of carbonyl (C=O) groups is 1. The van der Waals surface area contributed by atoms with Crippen molar-refractivity contribution < 1.29 is 29.6 Å². The van der Waals surface area contributed by atoms with Gasteiger partial charge in [0.05, 0.1) is 25.4 Å². The van der Waals surface area contributed by atoms with E-state index in [0.29, 0.717) is 0 Å². The van der Waals surface area contributed by atoms with Crippen LogP contribution >= 0.6 is 0 Å². The normalized spacial score (nSPS) is 15.4. The molecular weight excluding hydrogens is 302 g/mol. The van der Waals surface area contributed by atoms with E-state index in [9.17, 15) is 15.0 Å². The van der Waals surface area contributed by atoms with Crippen molar-refractivity contribution in [2.45, 2.75) is 71.3 Å². The fourth-order valence-electron chi connectivity index (χ4n) is 2.34. The van der Waals surface area contributed by atoms with Gasteiger partial charge in [0.25, 0.3) is 0 Å². The summed E-state index contributed by atoms with van der Waals surface area (Å²) in [5.74, 6) is -0.383. The first-order valence-electron chi connectivity index (χ1n) is 8.43. The van der Waals surface area contributed by atoms with Crippen molar-refractivity contribution in [1.82, 2.24) is 5.32 Å². The number of rotatable bonds is 14. The van der Waals surface area contributed by atoms with Crippen molar-refractivity contribution in [1.29, 1.82) is 0 Å². The summed E-state index contributed by atoms with van der Waals surface area (Å²) < 4.78 is 10.8. The van der Waals surface area contributed by atoms with Gasteiger partial charge in [-0.25, -0.2) is 0 Å². The third-order valence-electron chi connectivity index (χ3n) is 3.45. The Morgan fingerprint density at radius 1 is 1.17 bits per heavy atom. The molecule has 7 heteroatoms. The predicted molar refractivity (Wildman–Crippen MR) is 86.5 cm³/mol. The van der Waals surface area contributed by atoms with E-state index in [0.717, 1.165) is 25.7 Å². The molecule has 0 spiro atoms. The number of aliphatic hydroxyl groups excluding tert-OH is 3. The van der Waals surface area contributed by atoms with Crippen LogP contribution in [-0.4, -0.2) is 59.7 Å². The zero-order valence-electron chi connectivity index (χ0n) is 14.5. The van der Waals surface area contributed by atoms with Crippen LogP contribution in [0.4, 0.5) is 0 Å². The first-order chi connectivity index (χ1) is 11.0. The number of hydrogen-bond donors (Lipinski definition) is 4. The summed E-state index contributed by atoms with van der Waals surface area (Å²) >= 11 is 0. The molecule has 3 unspecified atom stereocenters. The molecule has 0 aromatic rings. The van der Waals surface area contributed by atoms with Crippen LogP contribution in [0.5, 0.6) is 0 Å². The van der Waals surface area contributed by atoms with Gasteiger partial charge in [0.15, 0.2) is 0 Å². The van der Waals surface area contributed by atoms with Gasteiger partial charge < -0.3 is 24.8 Å². The van der Waals surface area contributed by atoms with E-state index in [-0.39, 0.29) is 38.3 Å². The highest BCUT2D eigenvalue weighted by molar-refractivity contribution is 5.72. The van der Waals surface area contributed by atoms with Crippen LogP contribution in [0.2, 0.25) is 0 Å². The third-order valence-corrected chi connectivity index (χ3v) is 3.45. The molecule has 7 nitrogen and oxygen atoms in total. The molecule has 0 aliphatic carbocycles. The Morgan fingerprint density at radius 2 is 1.78 bits per heavy atom. The molecule has 23 heavy (non-hydrogen) atoms. The Bertz CT molecular complexity index is 294. The zero-order valence-corrected chi connectivity index (χ0v) is 14.5. The molecule has 0 amide bonds. The summed E-state index contributed by atoms with van der Waals surface area (Å²) in [6.45, 7) is 4.97. The zero-order chi connectivity index (χ0) is 17.7. The summed E-state index contributed by atoms with van der Waals surface area (Å²) in [5.41, 5.74) is 0. The largest absolute Gasteiger partial charge is 0.463 e. The number of ether oxygens (including phenoxy) is 2. The van der Waals surface area contributed by atoms with Gasteiger partial charge in [-0.2, -0.15) is 0 Å². The van der Waals surface area contributed by atoms with Gasteiger partial charge in [-0.1, -0.05) is 26.7 Å². The van der Waals surface area contributed by atoms with E-state index in [2.05, 4.69) is 5.32 Å². The first-order valence-corrected chi connectivity index (χ1v) is 8.43. The maximum atomic E-state index is 12.1. The van der Waals surface area contributed by atoms with Crippen LogP contribution in [0.25, 0.3) is 0 Å². The van der Waals surface area contributed by atoms with E-state index in [1.54, 1.807) is 6.92 Å². The van der Waals surface area contributed by atoms with Crippen LogP contribution < -0.4 is 5.32 Å². The minimum Gasteiger partial charge on any atom is -0.463 e. The lowest BCUT2D eigenvalue weighted by molar-refractivity contribution is -0.159. The van der Waals surface area contributed by atoms with E-state index in [1.807, 2.05) is 13.8 Å². The maximum Gasteiger partial charge on any atom is 0.309 e. The van der Waals surface area contributed by atoms with E-state index in [4.69, 9.17) is 14.6 Å². The van der Waals surface area contributed by atoms with Crippen LogP contribution in [0.3, 0.4) is 0 Å². The van der Waals surface area contributed by atoms with Crippen LogP contribution in [-0.2, 0) is 14.3 Å². The van der Waals surface area contributed by atoms with Gasteiger partial charge in [0.1, 0.15) is 18.9 Å². The van der Waals surface area contributed by atoms with Crippen molar-refractivity contribution in [2.24, 2.45) is 5.92 Å². The summed E-state index contributed by atoms with van der Waals surface area (Å²) in [5, 5.41) is 30.3. The third kappa shape index (κ3) is 10.6. The average Bonchev–Trinajstić information content (AvgIpc) is 2.50. The van der Waals surface area contributed by atoms with E-state index in [1.165, 1.54) is 0 Å². The molecule has 0 fully saturated rings. The van der Waals surface area contributed by atoms with Gasteiger partial charge in [-0.3, -0.25) is 10.1 Å². The average molecular weight is 335 g/mol. The maximum absolute atomic E-state index is 12.1. The number of hydrogen-bond acceptors (Lipinski definition) is 7. The van der Waals surface area contributed by atoms with Crippen LogP contribution in [0, 0.1) is 5.92 Å². The molecule has 0 heterocycles. The summed E-state index contributed by atoms with van der Waals surface area (Å²) in [7, 11) is 0. The molecule has 138 valence electrons. The lowest BCUT2D eigenvalue weighted by Gasteiger charge is -2.25. The van der Waals surface area contributed by atoms with Gasteiger partial charge in [0, 0.05) is 6.42 Å². The topological polar surface area (TPSA) is 108 Å². The predicted octanol–water partition coefficient (Wildman–Crippen LogP) is 0.760. The standard InChI is InChI=1S/C16H33NO6/c1-4-6-13(7-5-2)16(21)22-10-14(9-18)23-15(17-11-19)8-12(3)20/h12-15,17-20H,4-11H2,1-3H3. The molecule has 0 saturated carbocycles. The van der Waals surface area contributed by atoms with Crippen LogP contribution in [0.1, 0.15) is 52.9 Å². The minimum absolute atomic E-state index is 0.0529. The molecule has 0 rings (SSSR count). The summed E-state index contributed by atoms with van der Waals surface area (Å²) in [4.78, 5) is 12.1. The number of esters is 1. The highest BCUT2D eigenvalue weighted by Gasteiger charge is 2.22. The first kappa shape index (κ1) is 22.3. The molecule has 0 bridgehead atoms. The second-order valence-electron chi connectivity index (χ2n) is 5.78. The number of nitrogens with one attached hydrogen (secondary N) is 1. The molecule has 3 atom stereocenters. The summed E-state index contributed by atoms with van der Waals surface area (Å²) in [6.07, 6.45) is 1.69. The highest BCUT2D eigenvalue weighted by atomic mass is 16.6. The lowest BCUT2D eigenvalue weighted by atomic mass is 9.99. The quantitative estimate of drug-likeness (QED) is 0.274. The smallest absolute Gasteiger partial charge is 0.309 e. The number of carbonyl (C=O) groups excluding carboxylic acids is 1. The highest BCUT2D eigenvalue weighted by Crippen LogP contribution is 2.16. The van der Waals surface area contributed by atoms with Gasteiger partial charge in [0.2, 0.25) is 0 Å². The van der Waals surface area contributed by atoms with Crippen molar-refractivity contribution in [3.8, 4) is 0 Å². The molecule has 4 N–H and O–H groups in total. The Hall–Kier alpha value is -0.730. The van der Waals surface area contributed by atoms with E-state index < -0.39 is 18.4 Å². The fraction of sp³-hybridized carbons (Fsp3) is 0.938.